The lowest BCUT2D eigenvalue weighted by atomic mass is 9.98. The molecule has 0 spiro atoms. The van der Waals surface area contributed by atoms with Crippen LogP contribution in [-0.4, -0.2) is 53.0 Å². The highest BCUT2D eigenvalue weighted by Gasteiger charge is 2.35. The molecule has 0 aromatic heterocycles. The van der Waals surface area contributed by atoms with Crippen molar-refractivity contribution in [2.45, 2.75) is 50.3 Å². The number of fused-ring (bicyclic) bond motifs is 3. The number of aliphatic hydroxyl groups excluding tert-OH is 1. The van der Waals surface area contributed by atoms with E-state index in [1.165, 1.54) is 6.92 Å². The third-order valence-corrected chi connectivity index (χ3v) is 6.52. The van der Waals surface area contributed by atoms with Gasteiger partial charge in [0, 0.05) is 17.9 Å². The number of carbonyl (C=O) groups excluding carboxylic acids is 2. The first-order valence-electron chi connectivity index (χ1n) is 11.2. The van der Waals surface area contributed by atoms with E-state index in [1.807, 2.05) is 24.3 Å². The largest absolute Gasteiger partial charge is 0.480 e. The van der Waals surface area contributed by atoms with Crippen molar-refractivity contribution in [1.29, 1.82) is 0 Å². The molecular weight excluding hydrogens is 424 g/mol. The number of hydrogen-bond donors (Lipinski definition) is 4. The van der Waals surface area contributed by atoms with Crippen LogP contribution < -0.4 is 10.6 Å². The van der Waals surface area contributed by atoms with Gasteiger partial charge in [0.2, 0.25) is 5.91 Å². The fourth-order valence-corrected chi connectivity index (χ4v) is 4.82. The Kier molecular flexibility index (Phi) is 6.65. The lowest BCUT2D eigenvalue weighted by molar-refractivity contribution is -0.145. The smallest absolute Gasteiger partial charge is 0.407 e. The van der Waals surface area contributed by atoms with E-state index in [0.29, 0.717) is 19.3 Å². The van der Waals surface area contributed by atoms with Crippen LogP contribution in [0.1, 0.15) is 43.2 Å². The lowest BCUT2D eigenvalue weighted by Gasteiger charge is -2.20. The molecule has 8 nitrogen and oxygen atoms in total. The van der Waals surface area contributed by atoms with Crippen LogP contribution in [0.25, 0.3) is 11.1 Å². The summed E-state index contributed by atoms with van der Waals surface area (Å²) in [6.45, 7) is 1.53. The summed E-state index contributed by atoms with van der Waals surface area (Å²) < 4.78 is 5.56. The number of rotatable bonds is 7. The van der Waals surface area contributed by atoms with Gasteiger partial charge in [-0.05, 0) is 48.4 Å². The average Bonchev–Trinajstić information content (AvgIpc) is 3.38. The van der Waals surface area contributed by atoms with Gasteiger partial charge in [0.15, 0.2) is 6.04 Å². The number of aliphatic carboxylic acids is 1. The standard InChI is InChI=1S/C25H28N2O6/c1-14(28)22(24(30)31)27-23(29)15-10-11-16(12-15)26-25(32)33-13-21-19-8-4-2-6-17(19)18-7-3-5-9-20(18)21/h2-9,14-16,21-22,28H,10-13H2,1H3,(H,26,32)(H,27,29)(H,30,31)/t14?,15-,16+,22?/m1/s1. The predicted molar refractivity (Wildman–Crippen MR) is 121 cm³/mol. The Balaban J connectivity index is 1.30. The normalized spacial score (nSPS) is 20.9. The summed E-state index contributed by atoms with van der Waals surface area (Å²) in [5, 5.41) is 23.9. The summed E-state index contributed by atoms with van der Waals surface area (Å²) in [7, 11) is 0. The third-order valence-electron chi connectivity index (χ3n) is 6.52. The van der Waals surface area contributed by atoms with Crippen LogP contribution in [0, 0.1) is 5.92 Å². The second-order valence-corrected chi connectivity index (χ2v) is 8.74. The first kappa shape index (κ1) is 22.8. The van der Waals surface area contributed by atoms with E-state index < -0.39 is 36.0 Å². The molecule has 2 aliphatic rings. The highest BCUT2D eigenvalue weighted by Crippen LogP contribution is 2.44. The van der Waals surface area contributed by atoms with Gasteiger partial charge in [-0.1, -0.05) is 48.5 Å². The van der Waals surface area contributed by atoms with E-state index in [2.05, 4.69) is 34.9 Å². The van der Waals surface area contributed by atoms with Crippen LogP contribution in [0.5, 0.6) is 0 Å². The number of carboxylic acids is 1. The summed E-state index contributed by atoms with van der Waals surface area (Å²) in [4.78, 5) is 36.1. The summed E-state index contributed by atoms with van der Waals surface area (Å²) in [6, 6.07) is 14.6. The Hall–Kier alpha value is -3.39. The molecule has 4 rings (SSSR count). The third kappa shape index (κ3) is 4.85. The van der Waals surface area contributed by atoms with Gasteiger partial charge in [-0.2, -0.15) is 0 Å². The molecule has 2 amide bonds. The zero-order valence-corrected chi connectivity index (χ0v) is 18.4. The zero-order chi connectivity index (χ0) is 23.5. The van der Waals surface area contributed by atoms with Crippen LogP contribution in [-0.2, 0) is 14.3 Å². The van der Waals surface area contributed by atoms with Crippen LogP contribution in [0.15, 0.2) is 48.5 Å². The number of carbonyl (C=O) groups is 3. The number of aliphatic hydroxyl groups is 1. The summed E-state index contributed by atoms with van der Waals surface area (Å²) in [6.07, 6.45) is -0.235. The molecule has 0 saturated heterocycles. The molecule has 4 N–H and O–H groups in total. The number of carboxylic acid groups (broad SMARTS) is 1. The maximum atomic E-state index is 12.5. The summed E-state index contributed by atoms with van der Waals surface area (Å²) >= 11 is 0. The lowest BCUT2D eigenvalue weighted by Crippen LogP contribution is -2.49. The van der Waals surface area contributed by atoms with E-state index in [0.717, 1.165) is 22.3 Å². The SMILES string of the molecule is CC(O)C(NC(=O)[C@@H]1CC[C@H](NC(=O)OCC2c3ccccc3-c3ccccc32)C1)C(=O)O. The average molecular weight is 453 g/mol. The first-order valence-corrected chi connectivity index (χ1v) is 11.2. The molecule has 2 aliphatic carbocycles. The Bertz CT molecular complexity index is 1010. The zero-order valence-electron chi connectivity index (χ0n) is 18.4. The molecule has 0 radical (unpaired) electrons. The van der Waals surface area contributed by atoms with Crippen LogP contribution in [0.2, 0.25) is 0 Å². The van der Waals surface area contributed by atoms with Gasteiger partial charge in [0.25, 0.3) is 0 Å². The van der Waals surface area contributed by atoms with Gasteiger partial charge in [-0.15, -0.1) is 0 Å². The Morgan fingerprint density at radius 2 is 1.64 bits per heavy atom. The number of benzene rings is 2. The molecule has 1 saturated carbocycles. The van der Waals surface area contributed by atoms with Gasteiger partial charge in [0.05, 0.1) is 6.10 Å². The number of hydrogen-bond acceptors (Lipinski definition) is 5. The molecule has 174 valence electrons. The second kappa shape index (κ2) is 9.62. The molecule has 0 bridgehead atoms. The summed E-state index contributed by atoms with van der Waals surface area (Å²) in [5.41, 5.74) is 4.58. The molecule has 4 atom stereocenters. The van der Waals surface area contributed by atoms with Gasteiger partial charge in [-0.3, -0.25) is 4.79 Å². The minimum atomic E-state index is -1.35. The fourth-order valence-electron chi connectivity index (χ4n) is 4.82. The molecule has 8 heteroatoms. The quantitative estimate of drug-likeness (QED) is 0.512. The van der Waals surface area contributed by atoms with Crippen molar-refractivity contribution in [1.82, 2.24) is 10.6 Å². The molecule has 0 heterocycles. The minimum Gasteiger partial charge on any atom is -0.480 e. The summed E-state index contributed by atoms with van der Waals surface area (Å²) in [5.74, 6) is -2.17. The van der Waals surface area contributed by atoms with Gasteiger partial charge >= 0.3 is 12.1 Å². The van der Waals surface area contributed by atoms with Crippen molar-refractivity contribution in [3.05, 3.63) is 59.7 Å². The second-order valence-electron chi connectivity index (χ2n) is 8.74. The number of nitrogens with one attached hydrogen (secondary N) is 2. The Morgan fingerprint density at radius 1 is 1.03 bits per heavy atom. The number of amides is 2. The monoisotopic (exact) mass is 452 g/mol. The van der Waals surface area contributed by atoms with Crippen molar-refractivity contribution in [3.63, 3.8) is 0 Å². The molecule has 2 aromatic carbocycles. The van der Waals surface area contributed by atoms with Gasteiger partial charge in [0.1, 0.15) is 6.61 Å². The predicted octanol–water partition coefficient (Wildman–Crippen LogP) is 2.64. The number of ether oxygens (including phenoxy) is 1. The molecule has 1 fully saturated rings. The van der Waals surface area contributed by atoms with Gasteiger partial charge in [-0.25, -0.2) is 9.59 Å². The highest BCUT2D eigenvalue weighted by atomic mass is 16.5. The van der Waals surface area contributed by atoms with E-state index in [-0.39, 0.29) is 18.6 Å². The molecule has 2 aromatic rings. The topological polar surface area (TPSA) is 125 Å². The van der Waals surface area contributed by atoms with Crippen molar-refractivity contribution in [2.75, 3.05) is 6.61 Å². The van der Waals surface area contributed by atoms with Crippen LogP contribution >= 0.6 is 0 Å². The van der Waals surface area contributed by atoms with E-state index in [4.69, 9.17) is 9.84 Å². The van der Waals surface area contributed by atoms with E-state index in [1.54, 1.807) is 0 Å². The first-order chi connectivity index (χ1) is 15.8. The van der Waals surface area contributed by atoms with Gasteiger partial charge < -0.3 is 25.6 Å². The Morgan fingerprint density at radius 3 is 2.21 bits per heavy atom. The Labute approximate surface area is 192 Å². The highest BCUT2D eigenvalue weighted by molar-refractivity contribution is 5.85. The molecular formula is C25H28N2O6. The van der Waals surface area contributed by atoms with Crippen molar-refractivity contribution in [3.8, 4) is 11.1 Å². The molecule has 0 aliphatic heterocycles. The van der Waals surface area contributed by atoms with Crippen molar-refractivity contribution >= 4 is 18.0 Å². The molecule has 2 unspecified atom stereocenters. The number of alkyl carbamates (subject to hydrolysis) is 1. The van der Waals surface area contributed by atoms with Crippen molar-refractivity contribution in [2.24, 2.45) is 5.92 Å². The molecule has 33 heavy (non-hydrogen) atoms. The van der Waals surface area contributed by atoms with Crippen LogP contribution in [0.4, 0.5) is 4.79 Å². The maximum absolute atomic E-state index is 12.5. The van der Waals surface area contributed by atoms with E-state index in [9.17, 15) is 19.5 Å². The maximum Gasteiger partial charge on any atom is 0.407 e. The van der Waals surface area contributed by atoms with E-state index >= 15 is 0 Å². The fraction of sp³-hybridized carbons (Fsp3) is 0.400. The minimum absolute atomic E-state index is 0.0290. The van der Waals surface area contributed by atoms with Crippen LogP contribution in [0.3, 0.4) is 0 Å². The van der Waals surface area contributed by atoms with Crippen molar-refractivity contribution < 1.29 is 29.3 Å².